The van der Waals surface area contributed by atoms with Crippen molar-refractivity contribution >= 4 is 23.1 Å². The summed E-state index contributed by atoms with van der Waals surface area (Å²) in [5, 5.41) is 26.7. The summed E-state index contributed by atoms with van der Waals surface area (Å²) >= 11 is 0. The summed E-state index contributed by atoms with van der Waals surface area (Å²) in [6.07, 6.45) is 1.64. The predicted molar refractivity (Wildman–Crippen MR) is 92.4 cm³/mol. The van der Waals surface area contributed by atoms with Crippen LogP contribution < -0.4 is 0 Å². The van der Waals surface area contributed by atoms with E-state index in [0.29, 0.717) is 22.5 Å². The van der Waals surface area contributed by atoms with E-state index >= 15 is 0 Å². The number of aliphatic hydroxyl groups excluding tert-OH is 1. The summed E-state index contributed by atoms with van der Waals surface area (Å²) in [7, 11) is 0. The number of hydrogen-bond donors (Lipinski definition) is 1. The maximum absolute atomic E-state index is 12.2. The van der Waals surface area contributed by atoms with Gasteiger partial charge in [0.05, 0.1) is 18.8 Å². The van der Waals surface area contributed by atoms with E-state index in [2.05, 4.69) is 15.2 Å². The normalized spacial score (nSPS) is 11.0. The highest BCUT2D eigenvalue weighted by molar-refractivity contribution is 5.93. The van der Waals surface area contributed by atoms with Crippen LogP contribution in [0.1, 0.15) is 28.5 Å². The second-order valence-electron chi connectivity index (χ2n) is 5.25. The molecule has 8 nitrogen and oxygen atoms in total. The molecule has 0 saturated heterocycles. The standard InChI is InChI=1S/C18H15N5O3/c1-2-26-18(25)16-17(22-21-14-6-4-3-5-13(14)10-19)23-8-7-12(11-24)9-15(23)20-16/h3-9,24H,2,11H2,1H3. The molecule has 2 heterocycles. The number of carbonyl (C=O) groups excluding carboxylic acids is 1. The molecule has 0 aliphatic rings. The van der Waals surface area contributed by atoms with E-state index in [1.54, 1.807) is 53.9 Å². The lowest BCUT2D eigenvalue weighted by Gasteiger charge is -2.01. The van der Waals surface area contributed by atoms with Gasteiger partial charge < -0.3 is 9.84 Å². The first-order valence-corrected chi connectivity index (χ1v) is 7.87. The van der Waals surface area contributed by atoms with Gasteiger partial charge in [-0.15, -0.1) is 10.2 Å². The minimum absolute atomic E-state index is 0.0140. The van der Waals surface area contributed by atoms with Crippen LogP contribution in [0.3, 0.4) is 0 Å². The van der Waals surface area contributed by atoms with Crippen molar-refractivity contribution in [3.05, 3.63) is 59.4 Å². The van der Waals surface area contributed by atoms with Crippen LogP contribution in [0.5, 0.6) is 0 Å². The zero-order valence-electron chi connectivity index (χ0n) is 14.0. The summed E-state index contributed by atoms with van der Waals surface area (Å²) in [4.78, 5) is 16.5. The molecule has 0 amide bonds. The molecule has 3 aromatic rings. The zero-order valence-corrected chi connectivity index (χ0v) is 14.0. The third kappa shape index (κ3) is 3.29. The molecule has 0 radical (unpaired) electrons. The van der Waals surface area contributed by atoms with E-state index in [0.717, 1.165) is 0 Å². The number of fused-ring (bicyclic) bond motifs is 1. The van der Waals surface area contributed by atoms with Gasteiger partial charge in [0.1, 0.15) is 17.4 Å². The molecule has 3 rings (SSSR count). The molecule has 0 bridgehead atoms. The fraction of sp³-hybridized carbons (Fsp3) is 0.167. The number of nitriles is 1. The SMILES string of the molecule is CCOC(=O)c1nc2cc(CO)ccn2c1N=Nc1ccccc1C#N. The van der Waals surface area contributed by atoms with E-state index < -0.39 is 5.97 Å². The zero-order chi connectivity index (χ0) is 18.5. The number of nitrogens with zero attached hydrogens (tertiary/aromatic N) is 5. The first-order chi connectivity index (χ1) is 12.7. The van der Waals surface area contributed by atoms with Gasteiger partial charge >= 0.3 is 5.97 Å². The van der Waals surface area contributed by atoms with Gasteiger partial charge in [0.15, 0.2) is 11.5 Å². The van der Waals surface area contributed by atoms with Gasteiger partial charge in [-0.2, -0.15) is 5.26 Å². The number of benzene rings is 1. The van der Waals surface area contributed by atoms with Crippen molar-refractivity contribution in [2.45, 2.75) is 13.5 Å². The molecule has 1 aromatic carbocycles. The quantitative estimate of drug-likeness (QED) is 0.561. The number of aromatic nitrogens is 2. The van der Waals surface area contributed by atoms with Crippen LogP contribution in [0.4, 0.5) is 11.5 Å². The maximum Gasteiger partial charge on any atom is 0.360 e. The number of pyridine rings is 1. The Bertz CT molecular complexity index is 1030. The van der Waals surface area contributed by atoms with Crippen LogP contribution in [-0.4, -0.2) is 27.1 Å². The van der Waals surface area contributed by atoms with E-state index in [1.165, 1.54) is 0 Å². The molecule has 130 valence electrons. The van der Waals surface area contributed by atoms with Crippen molar-refractivity contribution in [2.75, 3.05) is 6.61 Å². The van der Waals surface area contributed by atoms with Gasteiger partial charge in [0, 0.05) is 6.20 Å². The number of azo groups is 1. The lowest BCUT2D eigenvalue weighted by molar-refractivity contribution is 0.0521. The summed E-state index contributed by atoms with van der Waals surface area (Å²) in [6.45, 7) is 1.74. The van der Waals surface area contributed by atoms with E-state index in [1.807, 2.05) is 6.07 Å². The molecular formula is C18H15N5O3. The number of carbonyl (C=O) groups is 1. The van der Waals surface area contributed by atoms with Gasteiger partial charge in [-0.05, 0) is 36.8 Å². The molecule has 0 atom stereocenters. The Kier molecular flexibility index (Phi) is 5.01. The van der Waals surface area contributed by atoms with Crippen LogP contribution in [0, 0.1) is 11.3 Å². The predicted octanol–water partition coefficient (Wildman–Crippen LogP) is 3.29. The Labute approximate surface area is 149 Å². The van der Waals surface area contributed by atoms with Gasteiger partial charge in [0.25, 0.3) is 0 Å². The third-order valence-electron chi connectivity index (χ3n) is 3.59. The number of hydrogen-bond acceptors (Lipinski definition) is 7. The molecule has 0 saturated carbocycles. The number of imidazole rings is 1. The van der Waals surface area contributed by atoms with Crippen LogP contribution in [-0.2, 0) is 11.3 Å². The number of esters is 1. The highest BCUT2D eigenvalue weighted by Gasteiger charge is 2.20. The summed E-state index contributed by atoms with van der Waals surface area (Å²) < 4.78 is 6.61. The summed E-state index contributed by atoms with van der Waals surface area (Å²) in [5.41, 5.74) is 1.84. The van der Waals surface area contributed by atoms with Crippen LogP contribution in [0.25, 0.3) is 5.65 Å². The fourth-order valence-electron chi connectivity index (χ4n) is 2.36. The largest absolute Gasteiger partial charge is 0.461 e. The number of aliphatic hydroxyl groups is 1. The average molecular weight is 349 g/mol. The lowest BCUT2D eigenvalue weighted by atomic mass is 10.2. The van der Waals surface area contributed by atoms with Gasteiger partial charge in [0.2, 0.25) is 0 Å². The highest BCUT2D eigenvalue weighted by atomic mass is 16.5. The van der Waals surface area contributed by atoms with Crippen molar-refractivity contribution in [1.82, 2.24) is 9.38 Å². The minimum atomic E-state index is -0.621. The van der Waals surface area contributed by atoms with Crippen molar-refractivity contribution in [1.29, 1.82) is 5.26 Å². The van der Waals surface area contributed by atoms with E-state index in [9.17, 15) is 9.90 Å². The summed E-state index contributed by atoms with van der Waals surface area (Å²) in [6, 6.07) is 12.1. The molecule has 1 N–H and O–H groups in total. The van der Waals surface area contributed by atoms with Crippen LogP contribution in [0.2, 0.25) is 0 Å². The second-order valence-corrected chi connectivity index (χ2v) is 5.25. The van der Waals surface area contributed by atoms with Crippen molar-refractivity contribution in [2.24, 2.45) is 10.2 Å². The van der Waals surface area contributed by atoms with Crippen molar-refractivity contribution in [3.63, 3.8) is 0 Å². The van der Waals surface area contributed by atoms with Gasteiger partial charge in [-0.1, -0.05) is 12.1 Å². The molecule has 0 unspecified atom stereocenters. The molecular weight excluding hydrogens is 334 g/mol. The van der Waals surface area contributed by atoms with E-state index in [-0.39, 0.29) is 24.7 Å². The van der Waals surface area contributed by atoms with Crippen molar-refractivity contribution in [3.8, 4) is 6.07 Å². The average Bonchev–Trinajstić information content (AvgIpc) is 3.04. The first kappa shape index (κ1) is 17.3. The molecule has 8 heteroatoms. The molecule has 0 aliphatic heterocycles. The maximum atomic E-state index is 12.2. The molecule has 2 aromatic heterocycles. The third-order valence-corrected chi connectivity index (χ3v) is 3.59. The smallest absolute Gasteiger partial charge is 0.360 e. The highest BCUT2D eigenvalue weighted by Crippen LogP contribution is 2.26. The van der Waals surface area contributed by atoms with Crippen LogP contribution in [0.15, 0.2) is 52.8 Å². The molecule has 0 fully saturated rings. The Hall–Kier alpha value is -3.57. The van der Waals surface area contributed by atoms with Gasteiger partial charge in [-0.3, -0.25) is 4.40 Å². The lowest BCUT2D eigenvalue weighted by Crippen LogP contribution is -2.05. The van der Waals surface area contributed by atoms with Gasteiger partial charge in [-0.25, -0.2) is 9.78 Å². The molecule has 0 spiro atoms. The Morgan fingerprint density at radius 1 is 1.35 bits per heavy atom. The topological polar surface area (TPSA) is 112 Å². The Morgan fingerprint density at radius 2 is 2.15 bits per heavy atom. The minimum Gasteiger partial charge on any atom is -0.461 e. The van der Waals surface area contributed by atoms with Crippen LogP contribution >= 0.6 is 0 Å². The Morgan fingerprint density at radius 3 is 2.88 bits per heavy atom. The molecule has 0 aliphatic carbocycles. The van der Waals surface area contributed by atoms with Crippen molar-refractivity contribution < 1.29 is 14.6 Å². The van der Waals surface area contributed by atoms with E-state index in [4.69, 9.17) is 10.00 Å². The molecule has 26 heavy (non-hydrogen) atoms. The Balaban J connectivity index is 2.13. The monoisotopic (exact) mass is 349 g/mol. The second kappa shape index (κ2) is 7.55. The number of rotatable bonds is 5. The fourth-order valence-corrected chi connectivity index (χ4v) is 2.36. The number of ether oxygens (including phenoxy) is 1. The summed E-state index contributed by atoms with van der Waals surface area (Å²) in [5.74, 6) is -0.431. The first-order valence-electron chi connectivity index (χ1n) is 7.87.